The van der Waals surface area contributed by atoms with Crippen LogP contribution in [0, 0.1) is 6.92 Å². The first kappa shape index (κ1) is 14.1. The molecule has 0 unspecified atom stereocenters. The van der Waals surface area contributed by atoms with E-state index >= 15 is 0 Å². The van der Waals surface area contributed by atoms with Crippen molar-refractivity contribution in [3.05, 3.63) is 76.2 Å². The van der Waals surface area contributed by atoms with Gasteiger partial charge in [0.1, 0.15) is 5.69 Å². The van der Waals surface area contributed by atoms with E-state index in [4.69, 9.17) is 0 Å². The summed E-state index contributed by atoms with van der Waals surface area (Å²) in [6.07, 6.45) is 3.60. The molecule has 3 aromatic heterocycles. The summed E-state index contributed by atoms with van der Waals surface area (Å²) in [4.78, 5) is 21.7. The molecule has 0 aliphatic heterocycles. The van der Waals surface area contributed by atoms with Crippen LogP contribution in [0.4, 0.5) is 0 Å². The number of aromatic nitrogens is 3. The van der Waals surface area contributed by atoms with Gasteiger partial charge in [-0.1, -0.05) is 29.8 Å². The summed E-state index contributed by atoms with van der Waals surface area (Å²) < 4.78 is 2.82. The highest BCUT2D eigenvalue weighted by molar-refractivity contribution is 9.10. The minimum atomic E-state index is -0.0969. The Morgan fingerprint density at radius 3 is 2.70 bits per heavy atom. The summed E-state index contributed by atoms with van der Waals surface area (Å²) in [6, 6.07) is 13.3. The molecule has 5 heteroatoms. The molecule has 23 heavy (non-hydrogen) atoms. The number of hydrogen-bond acceptors (Lipinski definition) is 3. The highest BCUT2D eigenvalue weighted by Crippen LogP contribution is 2.22. The van der Waals surface area contributed by atoms with Crippen molar-refractivity contribution in [1.29, 1.82) is 0 Å². The average Bonchev–Trinajstić information content (AvgIpc) is 3.04. The Balaban J connectivity index is 1.98. The van der Waals surface area contributed by atoms with E-state index in [1.165, 1.54) is 0 Å². The molecule has 0 amide bonds. The summed E-state index contributed by atoms with van der Waals surface area (Å²) in [5.41, 5.74) is 4.35. The van der Waals surface area contributed by atoms with Gasteiger partial charge < -0.3 is 4.40 Å². The Labute approximate surface area is 140 Å². The quantitative estimate of drug-likeness (QED) is 0.500. The Kier molecular flexibility index (Phi) is 3.23. The van der Waals surface area contributed by atoms with Crippen LogP contribution in [0.2, 0.25) is 0 Å². The molecule has 112 valence electrons. The first-order valence-electron chi connectivity index (χ1n) is 7.17. The predicted molar refractivity (Wildman–Crippen MR) is 92.8 cm³/mol. The highest BCUT2D eigenvalue weighted by atomic mass is 79.9. The third-order valence-corrected chi connectivity index (χ3v) is 4.25. The molecule has 0 fully saturated rings. The van der Waals surface area contributed by atoms with Gasteiger partial charge in [-0.2, -0.15) is 0 Å². The van der Waals surface area contributed by atoms with Crippen LogP contribution in [-0.4, -0.2) is 20.2 Å². The maximum atomic E-state index is 12.9. The van der Waals surface area contributed by atoms with Crippen LogP contribution >= 0.6 is 15.9 Å². The SMILES string of the molecule is Cc1ccc(C(=O)c2nc3ncc(Br)cc3n3cccc23)cc1. The zero-order valence-corrected chi connectivity index (χ0v) is 13.9. The first-order valence-corrected chi connectivity index (χ1v) is 7.96. The van der Waals surface area contributed by atoms with Gasteiger partial charge in [-0.05, 0) is 41.1 Å². The number of benzene rings is 1. The number of rotatable bonds is 2. The molecule has 0 aliphatic rings. The molecule has 3 heterocycles. The second-order valence-corrected chi connectivity index (χ2v) is 6.33. The van der Waals surface area contributed by atoms with Crippen molar-refractivity contribution in [1.82, 2.24) is 14.4 Å². The van der Waals surface area contributed by atoms with Gasteiger partial charge in [-0.25, -0.2) is 9.97 Å². The Hall–Kier alpha value is -2.53. The molecule has 0 bridgehead atoms. The fraction of sp³-hybridized carbons (Fsp3) is 0.0556. The molecule has 0 N–H and O–H groups in total. The maximum Gasteiger partial charge on any atom is 0.213 e. The fourth-order valence-corrected chi connectivity index (χ4v) is 2.96. The number of aryl methyl sites for hydroxylation is 1. The molecule has 0 radical (unpaired) electrons. The third kappa shape index (κ3) is 2.33. The first-order chi connectivity index (χ1) is 11.1. The number of fused-ring (bicyclic) bond motifs is 3. The fourth-order valence-electron chi connectivity index (χ4n) is 2.64. The Bertz CT molecular complexity index is 1050. The molecule has 0 saturated heterocycles. The van der Waals surface area contributed by atoms with Crippen LogP contribution in [0.3, 0.4) is 0 Å². The van der Waals surface area contributed by atoms with Crippen molar-refractivity contribution >= 4 is 38.4 Å². The second-order valence-electron chi connectivity index (χ2n) is 5.42. The van der Waals surface area contributed by atoms with Gasteiger partial charge in [0, 0.05) is 22.4 Å². The lowest BCUT2D eigenvalue weighted by Crippen LogP contribution is -2.08. The number of pyridine rings is 1. The Morgan fingerprint density at radius 1 is 1.13 bits per heavy atom. The van der Waals surface area contributed by atoms with Crippen molar-refractivity contribution in [2.24, 2.45) is 0 Å². The highest BCUT2D eigenvalue weighted by Gasteiger charge is 2.17. The number of carbonyl (C=O) groups excluding carboxylic acids is 1. The van der Waals surface area contributed by atoms with E-state index in [1.54, 1.807) is 6.20 Å². The van der Waals surface area contributed by atoms with E-state index in [2.05, 4.69) is 25.9 Å². The smallest absolute Gasteiger partial charge is 0.213 e. The van der Waals surface area contributed by atoms with Crippen molar-refractivity contribution in [3.63, 3.8) is 0 Å². The van der Waals surface area contributed by atoms with Crippen molar-refractivity contribution < 1.29 is 4.79 Å². The van der Waals surface area contributed by atoms with Crippen LogP contribution in [0.25, 0.3) is 16.7 Å². The van der Waals surface area contributed by atoms with Gasteiger partial charge in [0.05, 0.1) is 11.0 Å². The zero-order chi connectivity index (χ0) is 16.0. The standard InChI is InChI=1S/C18H12BrN3O/c1-11-4-6-12(7-5-11)17(23)16-14-3-2-8-22(14)15-9-13(19)10-20-18(15)21-16/h2-10H,1H3. The largest absolute Gasteiger partial charge is 0.311 e. The molecule has 0 saturated carbocycles. The monoisotopic (exact) mass is 365 g/mol. The molecular formula is C18H12BrN3O. The lowest BCUT2D eigenvalue weighted by atomic mass is 10.1. The summed E-state index contributed by atoms with van der Waals surface area (Å²) in [5.74, 6) is -0.0969. The van der Waals surface area contributed by atoms with Crippen LogP contribution in [0.5, 0.6) is 0 Å². The molecule has 4 rings (SSSR count). The predicted octanol–water partition coefficient (Wildman–Crippen LogP) is 4.18. The van der Waals surface area contributed by atoms with E-state index in [-0.39, 0.29) is 5.78 Å². The minimum absolute atomic E-state index is 0.0969. The second kappa shape index (κ2) is 5.28. The molecule has 0 spiro atoms. The van der Waals surface area contributed by atoms with E-state index in [9.17, 15) is 4.79 Å². The van der Waals surface area contributed by atoms with Crippen LogP contribution in [-0.2, 0) is 0 Å². The maximum absolute atomic E-state index is 12.9. The van der Waals surface area contributed by atoms with E-state index in [0.717, 1.165) is 21.1 Å². The zero-order valence-electron chi connectivity index (χ0n) is 12.3. The summed E-state index contributed by atoms with van der Waals surface area (Å²) in [5, 5.41) is 0. The lowest BCUT2D eigenvalue weighted by molar-refractivity contribution is 0.103. The van der Waals surface area contributed by atoms with Crippen LogP contribution in [0.15, 0.2) is 59.3 Å². The summed E-state index contributed by atoms with van der Waals surface area (Å²) >= 11 is 3.43. The minimum Gasteiger partial charge on any atom is -0.311 e. The van der Waals surface area contributed by atoms with Gasteiger partial charge in [0.25, 0.3) is 0 Å². The molecule has 1 aromatic carbocycles. The molecule has 0 atom stereocenters. The van der Waals surface area contributed by atoms with E-state index < -0.39 is 0 Å². The van der Waals surface area contributed by atoms with Gasteiger partial charge in [-0.3, -0.25) is 4.79 Å². The average molecular weight is 366 g/mol. The molecular weight excluding hydrogens is 354 g/mol. The molecule has 4 aromatic rings. The molecule has 0 aliphatic carbocycles. The number of carbonyl (C=O) groups is 1. The summed E-state index contributed by atoms with van der Waals surface area (Å²) in [6.45, 7) is 2.00. The van der Waals surface area contributed by atoms with Crippen molar-refractivity contribution in [2.75, 3.05) is 0 Å². The third-order valence-electron chi connectivity index (χ3n) is 3.81. The number of ketones is 1. The number of hydrogen-bond donors (Lipinski definition) is 0. The van der Waals surface area contributed by atoms with Crippen molar-refractivity contribution in [3.8, 4) is 0 Å². The van der Waals surface area contributed by atoms with Gasteiger partial charge in [0.2, 0.25) is 5.78 Å². The molecule has 4 nitrogen and oxygen atoms in total. The normalized spacial score (nSPS) is 11.2. The van der Waals surface area contributed by atoms with E-state index in [0.29, 0.717) is 16.9 Å². The lowest BCUT2D eigenvalue weighted by Gasteiger charge is -2.08. The van der Waals surface area contributed by atoms with E-state index in [1.807, 2.05) is 60.0 Å². The van der Waals surface area contributed by atoms with Gasteiger partial charge in [-0.15, -0.1) is 0 Å². The van der Waals surface area contributed by atoms with Crippen molar-refractivity contribution in [2.45, 2.75) is 6.92 Å². The van der Waals surface area contributed by atoms with Gasteiger partial charge >= 0.3 is 0 Å². The summed E-state index contributed by atoms with van der Waals surface area (Å²) in [7, 11) is 0. The topological polar surface area (TPSA) is 47.3 Å². The number of halogens is 1. The van der Waals surface area contributed by atoms with Gasteiger partial charge in [0.15, 0.2) is 5.65 Å². The number of nitrogens with zero attached hydrogens (tertiary/aromatic N) is 3. The van der Waals surface area contributed by atoms with Crippen LogP contribution in [0.1, 0.15) is 21.6 Å². The van der Waals surface area contributed by atoms with Crippen LogP contribution < -0.4 is 0 Å². The Morgan fingerprint density at radius 2 is 1.91 bits per heavy atom.